The van der Waals surface area contributed by atoms with Crippen molar-refractivity contribution in [2.45, 2.75) is 0 Å². The zero-order chi connectivity index (χ0) is 14.5. The number of hydrogen-bond donors (Lipinski definition) is 0. The fourth-order valence-electron chi connectivity index (χ4n) is 1.64. The third-order valence-corrected chi connectivity index (χ3v) is 3.26. The Morgan fingerprint density at radius 3 is 2.45 bits per heavy atom. The summed E-state index contributed by atoms with van der Waals surface area (Å²) < 4.78 is 10.5. The van der Waals surface area contributed by atoms with Gasteiger partial charge in [0.15, 0.2) is 6.61 Å². The highest BCUT2D eigenvalue weighted by Gasteiger charge is 2.15. The molecule has 20 heavy (non-hydrogen) atoms. The summed E-state index contributed by atoms with van der Waals surface area (Å²) in [6, 6.07) is 12.1. The summed E-state index contributed by atoms with van der Waals surface area (Å²) in [4.78, 5) is 12.1. The normalized spacial score (nSPS) is 10.2. The van der Waals surface area contributed by atoms with Crippen LogP contribution in [-0.2, 0) is 0 Å². The Balaban J connectivity index is 2.13. The first-order valence-electron chi connectivity index (χ1n) is 5.86. The number of hydrogen-bond acceptors (Lipinski definition) is 3. The van der Waals surface area contributed by atoms with Gasteiger partial charge in [0.25, 0.3) is 0 Å². The number of ether oxygens (including phenoxy) is 2. The Labute approximate surface area is 127 Å². The van der Waals surface area contributed by atoms with Crippen LogP contribution in [0.5, 0.6) is 11.5 Å². The maximum absolute atomic E-state index is 12.1. The lowest BCUT2D eigenvalue weighted by Gasteiger charge is -2.09. The second-order valence-corrected chi connectivity index (χ2v) is 4.81. The fourth-order valence-corrected chi connectivity index (χ4v) is 2.21. The molecule has 0 heterocycles. The largest absolute Gasteiger partial charge is 0.495 e. The molecule has 3 nitrogen and oxygen atoms in total. The van der Waals surface area contributed by atoms with E-state index in [0.29, 0.717) is 22.1 Å². The van der Waals surface area contributed by atoms with E-state index in [4.69, 9.17) is 32.7 Å². The Morgan fingerprint density at radius 2 is 1.80 bits per heavy atom. The average molecular weight is 311 g/mol. The monoisotopic (exact) mass is 310 g/mol. The van der Waals surface area contributed by atoms with Crippen LogP contribution >= 0.6 is 23.2 Å². The van der Waals surface area contributed by atoms with Gasteiger partial charge in [-0.2, -0.15) is 0 Å². The average Bonchev–Trinajstić information content (AvgIpc) is 2.46. The van der Waals surface area contributed by atoms with Gasteiger partial charge in [-0.05, 0) is 24.3 Å². The van der Waals surface area contributed by atoms with Crippen LogP contribution < -0.4 is 9.47 Å². The number of halogens is 2. The van der Waals surface area contributed by atoms with E-state index in [2.05, 4.69) is 0 Å². The molecule has 2 aromatic carbocycles. The molecule has 0 N–H and O–H groups in total. The van der Waals surface area contributed by atoms with Gasteiger partial charge in [0.1, 0.15) is 11.5 Å². The van der Waals surface area contributed by atoms with Gasteiger partial charge in [0.05, 0.1) is 17.2 Å². The Kier molecular flexibility index (Phi) is 4.88. The number of benzene rings is 2. The number of rotatable bonds is 5. The van der Waals surface area contributed by atoms with Gasteiger partial charge in [-0.1, -0.05) is 41.4 Å². The highest BCUT2D eigenvalue weighted by Crippen LogP contribution is 2.31. The summed E-state index contributed by atoms with van der Waals surface area (Å²) in [7, 11) is 1.48. The molecule has 0 unspecified atom stereocenters. The summed E-state index contributed by atoms with van der Waals surface area (Å²) in [5.41, 5.74) is 0.323. The predicted molar refractivity (Wildman–Crippen MR) is 79.3 cm³/mol. The van der Waals surface area contributed by atoms with Crippen LogP contribution in [0.4, 0.5) is 0 Å². The van der Waals surface area contributed by atoms with Crippen LogP contribution in [0, 0.1) is 0 Å². The van der Waals surface area contributed by atoms with Gasteiger partial charge in [0, 0.05) is 5.56 Å². The van der Waals surface area contributed by atoms with Gasteiger partial charge < -0.3 is 9.47 Å². The zero-order valence-electron chi connectivity index (χ0n) is 10.7. The summed E-state index contributed by atoms with van der Waals surface area (Å²) in [5, 5.41) is 0.635. The Hall–Kier alpha value is -1.71. The lowest BCUT2D eigenvalue weighted by atomic mass is 10.1. The number of para-hydroxylation sites is 1. The molecule has 0 aliphatic carbocycles. The lowest BCUT2D eigenvalue weighted by molar-refractivity contribution is 0.0921. The molecule has 0 aliphatic rings. The van der Waals surface area contributed by atoms with Crippen LogP contribution in [0.25, 0.3) is 0 Å². The van der Waals surface area contributed by atoms with Crippen molar-refractivity contribution in [3.05, 3.63) is 58.1 Å². The van der Waals surface area contributed by atoms with Crippen molar-refractivity contribution in [2.24, 2.45) is 0 Å². The van der Waals surface area contributed by atoms with Crippen LogP contribution in [0.1, 0.15) is 10.4 Å². The van der Waals surface area contributed by atoms with E-state index < -0.39 is 0 Å². The van der Waals surface area contributed by atoms with Gasteiger partial charge >= 0.3 is 0 Å². The van der Waals surface area contributed by atoms with Crippen LogP contribution in [0.2, 0.25) is 10.0 Å². The highest BCUT2D eigenvalue weighted by atomic mass is 35.5. The molecule has 0 fully saturated rings. The second-order valence-electron chi connectivity index (χ2n) is 3.99. The van der Waals surface area contributed by atoms with Crippen molar-refractivity contribution in [3.63, 3.8) is 0 Å². The lowest BCUT2D eigenvalue weighted by Crippen LogP contribution is -2.12. The quantitative estimate of drug-likeness (QED) is 0.774. The number of carbonyl (C=O) groups excluding carboxylic acids is 1. The number of methoxy groups -OCH3 is 1. The van der Waals surface area contributed by atoms with E-state index in [0.717, 1.165) is 0 Å². The SMILES string of the molecule is COc1cc(C(=O)COc2ccccc2)c(Cl)cc1Cl. The van der Waals surface area contributed by atoms with Crippen LogP contribution in [-0.4, -0.2) is 19.5 Å². The first-order chi connectivity index (χ1) is 9.61. The molecular weight excluding hydrogens is 299 g/mol. The minimum atomic E-state index is -0.242. The maximum Gasteiger partial charge on any atom is 0.201 e. The first-order valence-corrected chi connectivity index (χ1v) is 6.61. The smallest absolute Gasteiger partial charge is 0.201 e. The molecule has 2 aromatic rings. The molecule has 0 aliphatic heterocycles. The minimum Gasteiger partial charge on any atom is -0.495 e. The van der Waals surface area contributed by atoms with E-state index in [1.54, 1.807) is 12.1 Å². The van der Waals surface area contributed by atoms with Crippen molar-refractivity contribution < 1.29 is 14.3 Å². The second kappa shape index (κ2) is 6.64. The van der Waals surface area contributed by atoms with Gasteiger partial charge in [0.2, 0.25) is 5.78 Å². The van der Waals surface area contributed by atoms with Crippen LogP contribution in [0.3, 0.4) is 0 Å². The topological polar surface area (TPSA) is 35.5 Å². The number of Topliss-reactive ketones (excluding diaryl/α,β-unsaturated/α-hetero) is 1. The van der Waals surface area contributed by atoms with E-state index >= 15 is 0 Å². The summed E-state index contributed by atoms with van der Waals surface area (Å²) in [6.45, 7) is -0.103. The molecule has 0 radical (unpaired) electrons. The summed E-state index contributed by atoms with van der Waals surface area (Å²) in [5.74, 6) is 0.783. The Morgan fingerprint density at radius 1 is 1.10 bits per heavy atom. The van der Waals surface area contributed by atoms with Crippen molar-refractivity contribution in [2.75, 3.05) is 13.7 Å². The molecule has 0 atom stereocenters. The van der Waals surface area contributed by atoms with E-state index in [-0.39, 0.29) is 17.4 Å². The fraction of sp³-hybridized carbons (Fsp3) is 0.133. The zero-order valence-corrected chi connectivity index (χ0v) is 12.2. The Bertz CT molecular complexity index is 612. The summed E-state index contributed by atoms with van der Waals surface area (Å²) >= 11 is 11.9. The van der Waals surface area contributed by atoms with Crippen molar-refractivity contribution >= 4 is 29.0 Å². The maximum atomic E-state index is 12.1. The van der Waals surface area contributed by atoms with Gasteiger partial charge in [-0.25, -0.2) is 0 Å². The molecule has 0 saturated carbocycles. The van der Waals surface area contributed by atoms with Gasteiger partial charge in [-0.3, -0.25) is 4.79 Å². The molecule has 0 amide bonds. The van der Waals surface area contributed by atoms with E-state index in [1.165, 1.54) is 19.2 Å². The molecule has 104 valence electrons. The van der Waals surface area contributed by atoms with Crippen molar-refractivity contribution in [1.29, 1.82) is 0 Å². The third kappa shape index (κ3) is 3.44. The molecule has 0 spiro atoms. The van der Waals surface area contributed by atoms with E-state index in [1.807, 2.05) is 18.2 Å². The van der Waals surface area contributed by atoms with Crippen LogP contribution in [0.15, 0.2) is 42.5 Å². The predicted octanol–water partition coefficient (Wildman–Crippen LogP) is 4.26. The van der Waals surface area contributed by atoms with Crippen molar-refractivity contribution in [3.8, 4) is 11.5 Å². The molecule has 0 aromatic heterocycles. The van der Waals surface area contributed by atoms with Gasteiger partial charge in [-0.15, -0.1) is 0 Å². The first kappa shape index (κ1) is 14.7. The van der Waals surface area contributed by atoms with E-state index in [9.17, 15) is 4.79 Å². The minimum absolute atomic E-state index is 0.103. The number of ketones is 1. The molecule has 2 rings (SSSR count). The highest BCUT2D eigenvalue weighted by molar-refractivity contribution is 6.37. The molecule has 5 heteroatoms. The molecule has 0 bridgehead atoms. The molecule has 0 saturated heterocycles. The molecular formula is C15H12Cl2O3. The number of carbonyl (C=O) groups is 1. The van der Waals surface area contributed by atoms with Crippen molar-refractivity contribution in [1.82, 2.24) is 0 Å². The standard InChI is InChI=1S/C15H12Cl2O3/c1-19-15-7-11(12(16)8-13(15)17)14(18)9-20-10-5-3-2-4-6-10/h2-8H,9H2,1H3. The third-order valence-electron chi connectivity index (χ3n) is 2.66. The summed E-state index contributed by atoms with van der Waals surface area (Å²) in [6.07, 6.45) is 0.